The van der Waals surface area contributed by atoms with Gasteiger partial charge in [-0.2, -0.15) is 11.8 Å². The Labute approximate surface area is 121 Å². The lowest BCUT2D eigenvalue weighted by atomic mass is 10.2. The molecule has 0 aromatic heterocycles. The van der Waals surface area contributed by atoms with E-state index in [-0.39, 0.29) is 4.90 Å². The molecule has 0 atom stereocenters. The van der Waals surface area contributed by atoms with Crippen molar-refractivity contribution in [1.29, 1.82) is 0 Å². The van der Waals surface area contributed by atoms with Crippen molar-refractivity contribution in [3.8, 4) is 0 Å². The van der Waals surface area contributed by atoms with Crippen LogP contribution in [0.25, 0.3) is 0 Å². The molecule has 0 saturated carbocycles. The quantitative estimate of drug-likeness (QED) is 0.848. The summed E-state index contributed by atoms with van der Waals surface area (Å²) in [4.78, 5) is 0.272. The van der Waals surface area contributed by atoms with Gasteiger partial charge in [0.2, 0.25) is 10.0 Å². The predicted octanol–water partition coefficient (Wildman–Crippen LogP) is 1.89. The second kappa shape index (κ2) is 6.91. The van der Waals surface area contributed by atoms with Gasteiger partial charge in [-0.15, -0.1) is 0 Å². The highest BCUT2D eigenvalue weighted by molar-refractivity contribution is 9.10. The second-order valence-electron chi connectivity index (χ2n) is 3.79. The zero-order valence-corrected chi connectivity index (χ0v) is 13.6. The normalized spacial score (nSPS) is 12.1. The third-order valence-electron chi connectivity index (χ3n) is 2.53. The van der Waals surface area contributed by atoms with Crippen LogP contribution in [0, 0.1) is 0 Å². The molecule has 0 radical (unpaired) electrons. The molecule has 0 heterocycles. The zero-order chi connectivity index (χ0) is 13.8. The molecule has 102 valence electrons. The van der Waals surface area contributed by atoms with Gasteiger partial charge < -0.3 is 5.73 Å². The van der Waals surface area contributed by atoms with Crippen LogP contribution in [0.3, 0.4) is 0 Å². The summed E-state index contributed by atoms with van der Waals surface area (Å²) in [6.45, 7) is 0.813. The smallest absolute Gasteiger partial charge is 0.243 e. The number of sulfonamides is 1. The van der Waals surface area contributed by atoms with Crippen LogP contribution in [0.4, 0.5) is 0 Å². The SMILES string of the molecule is CSCCN(C)S(=O)(=O)c1cc(CN)ccc1Br. The van der Waals surface area contributed by atoms with Crippen molar-refractivity contribution in [1.82, 2.24) is 4.31 Å². The Morgan fingerprint density at radius 1 is 1.44 bits per heavy atom. The Kier molecular flexibility index (Phi) is 6.13. The molecule has 0 bridgehead atoms. The van der Waals surface area contributed by atoms with E-state index in [4.69, 9.17) is 5.73 Å². The molecule has 2 N–H and O–H groups in total. The van der Waals surface area contributed by atoms with Crippen LogP contribution in [0.2, 0.25) is 0 Å². The standard InChI is InChI=1S/C11H17BrN2O2S2/c1-14(5-6-17-2)18(15,16)11-7-9(8-13)3-4-10(11)12/h3-4,7H,5-6,8,13H2,1-2H3. The molecule has 0 aliphatic carbocycles. The van der Waals surface area contributed by atoms with E-state index in [0.29, 0.717) is 17.6 Å². The summed E-state index contributed by atoms with van der Waals surface area (Å²) in [5, 5.41) is 0. The summed E-state index contributed by atoms with van der Waals surface area (Å²) >= 11 is 4.90. The minimum Gasteiger partial charge on any atom is -0.326 e. The molecule has 0 saturated heterocycles. The number of nitrogens with zero attached hydrogens (tertiary/aromatic N) is 1. The lowest BCUT2D eigenvalue weighted by Gasteiger charge is -2.18. The van der Waals surface area contributed by atoms with Gasteiger partial charge in [0.05, 0.1) is 4.90 Å². The summed E-state index contributed by atoms with van der Waals surface area (Å²) < 4.78 is 26.7. The number of nitrogens with two attached hydrogens (primary N) is 1. The van der Waals surface area contributed by atoms with Crippen LogP contribution < -0.4 is 5.73 Å². The Morgan fingerprint density at radius 2 is 2.11 bits per heavy atom. The number of halogens is 1. The molecule has 18 heavy (non-hydrogen) atoms. The lowest BCUT2D eigenvalue weighted by molar-refractivity contribution is 0.488. The van der Waals surface area contributed by atoms with Gasteiger partial charge in [0.15, 0.2) is 0 Å². The van der Waals surface area contributed by atoms with Crippen molar-refractivity contribution < 1.29 is 8.42 Å². The highest BCUT2D eigenvalue weighted by atomic mass is 79.9. The maximum Gasteiger partial charge on any atom is 0.243 e. The average molecular weight is 353 g/mol. The Morgan fingerprint density at radius 3 is 2.67 bits per heavy atom. The van der Waals surface area contributed by atoms with E-state index in [1.54, 1.807) is 30.9 Å². The largest absolute Gasteiger partial charge is 0.326 e. The number of rotatable bonds is 6. The molecule has 0 fully saturated rings. The molecule has 0 aliphatic heterocycles. The van der Waals surface area contributed by atoms with E-state index in [0.717, 1.165) is 11.3 Å². The van der Waals surface area contributed by atoms with Crippen molar-refractivity contribution in [2.45, 2.75) is 11.4 Å². The van der Waals surface area contributed by atoms with Gasteiger partial charge in [0.1, 0.15) is 0 Å². The minimum atomic E-state index is -3.46. The highest BCUT2D eigenvalue weighted by Gasteiger charge is 2.23. The van der Waals surface area contributed by atoms with Crippen molar-refractivity contribution in [2.24, 2.45) is 5.73 Å². The van der Waals surface area contributed by atoms with Crippen LogP contribution in [-0.2, 0) is 16.6 Å². The first-order valence-corrected chi connectivity index (χ1v) is 9.00. The first kappa shape index (κ1) is 16.0. The molecule has 7 heteroatoms. The van der Waals surface area contributed by atoms with Gasteiger partial charge in [-0.1, -0.05) is 6.07 Å². The molecule has 1 rings (SSSR count). The fourth-order valence-electron chi connectivity index (χ4n) is 1.38. The first-order valence-electron chi connectivity index (χ1n) is 5.37. The zero-order valence-electron chi connectivity index (χ0n) is 10.4. The highest BCUT2D eigenvalue weighted by Crippen LogP contribution is 2.25. The molecular formula is C11H17BrN2O2S2. The van der Waals surface area contributed by atoms with Gasteiger partial charge in [0, 0.05) is 30.4 Å². The Balaban J connectivity index is 3.11. The molecule has 1 aromatic rings. The molecule has 4 nitrogen and oxygen atoms in total. The number of benzene rings is 1. The number of hydrogen-bond acceptors (Lipinski definition) is 4. The van der Waals surface area contributed by atoms with Crippen LogP contribution >= 0.6 is 27.7 Å². The first-order chi connectivity index (χ1) is 8.43. The van der Waals surface area contributed by atoms with Crippen LogP contribution in [0.1, 0.15) is 5.56 Å². The fraction of sp³-hybridized carbons (Fsp3) is 0.455. The molecule has 0 unspecified atom stereocenters. The van der Waals surface area contributed by atoms with Crippen molar-refractivity contribution in [3.63, 3.8) is 0 Å². The van der Waals surface area contributed by atoms with E-state index in [1.807, 2.05) is 12.3 Å². The van der Waals surface area contributed by atoms with Gasteiger partial charge in [-0.05, 0) is 39.9 Å². The average Bonchev–Trinajstić information content (AvgIpc) is 2.36. The van der Waals surface area contributed by atoms with Crippen molar-refractivity contribution >= 4 is 37.7 Å². The maximum atomic E-state index is 12.4. The third kappa shape index (κ3) is 3.71. The van der Waals surface area contributed by atoms with E-state index < -0.39 is 10.0 Å². The van der Waals surface area contributed by atoms with E-state index in [1.165, 1.54) is 4.31 Å². The molecular weight excluding hydrogens is 336 g/mol. The monoisotopic (exact) mass is 352 g/mol. The predicted molar refractivity (Wildman–Crippen MR) is 80.2 cm³/mol. The summed E-state index contributed by atoms with van der Waals surface area (Å²) in [5.74, 6) is 0.768. The summed E-state index contributed by atoms with van der Waals surface area (Å²) in [6.07, 6.45) is 1.95. The van der Waals surface area contributed by atoms with Gasteiger partial charge >= 0.3 is 0 Å². The minimum absolute atomic E-state index is 0.272. The van der Waals surface area contributed by atoms with Gasteiger partial charge in [-0.3, -0.25) is 0 Å². The number of hydrogen-bond donors (Lipinski definition) is 1. The van der Waals surface area contributed by atoms with E-state index >= 15 is 0 Å². The third-order valence-corrected chi connectivity index (χ3v) is 5.97. The van der Waals surface area contributed by atoms with E-state index in [2.05, 4.69) is 15.9 Å². The summed E-state index contributed by atoms with van der Waals surface area (Å²) in [6, 6.07) is 5.15. The Hall–Kier alpha value is -0.0800. The van der Waals surface area contributed by atoms with Crippen LogP contribution in [-0.4, -0.2) is 38.3 Å². The second-order valence-corrected chi connectivity index (χ2v) is 7.64. The maximum absolute atomic E-state index is 12.4. The lowest BCUT2D eigenvalue weighted by Crippen LogP contribution is -2.29. The van der Waals surface area contributed by atoms with Gasteiger partial charge in [0.25, 0.3) is 0 Å². The summed E-state index contributed by atoms with van der Waals surface area (Å²) in [7, 11) is -1.87. The molecule has 0 amide bonds. The fourth-order valence-corrected chi connectivity index (χ4v) is 4.09. The summed E-state index contributed by atoms with van der Waals surface area (Å²) in [5.41, 5.74) is 6.34. The van der Waals surface area contributed by atoms with Crippen molar-refractivity contribution in [3.05, 3.63) is 28.2 Å². The molecule has 0 spiro atoms. The Bertz CT molecular complexity index is 506. The molecule has 1 aromatic carbocycles. The van der Waals surface area contributed by atoms with Crippen molar-refractivity contribution in [2.75, 3.05) is 25.6 Å². The van der Waals surface area contributed by atoms with Gasteiger partial charge in [-0.25, -0.2) is 12.7 Å². The molecule has 0 aliphatic rings. The van der Waals surface area contributed by atoms with E-state index in [9.17, 15) is 8.42 Å². The van der Waals surface area contributed by atoms with Crippen LogP contribution in [0.5, 0.6) is 0 Å². The topological polar surface area (TPSA) is 63.4 Å². The number of thioether (sulfide) groups is 1. The van der Waals surface area contributed by atoms with Crippen LogP contribution in [0.15, 0.2) is 27.6 Å².